The SMILES string of the molecule is CCOc1ccccc1N1CCN(C(=O)c2ccc(NC3CC3)nc2)CC1. The van der Waals surface area contributed by atoms with Crippen molar-refractivity contribution in [2.45, 2.75) is 25.8 Å². The average Bonchev–Trinajstić information content (AvgIpc) is 3.53. The van der Waals surface area contributed by atoms with Gasteiger partial charge in [0, 0.05) is 38.4 Å². The quantitative estimate of drug-likeness (QED) is 0.852. The van der Waals surface area contributed by atoms with Crippen LogP contribution in [0, 0.1) is 0 Å². The number of carbonyl (C=O) groups excluding carboxylic acids is 1. The zero-order valence-electron chi connectivity index (χ0n) is 15.7. The van der Waals surface area contributed by atoms with E-state index in [0.29, 0.717) is 31.3 Å². The van der Waals surface area contributed by atoms with Crippen molar-refractivity contribution in [3.8, 4) is 5.75 Å². The number of ether oxygens (including phenoxy) is 1. The predicted molar refractivity (Wildman–Crippen MR) is 107 cm³/mol. The van der Waals surface area contributed by atoms with Crippen molar-refractivity contribution in [1.82, 2.24) is 9.88 Å². The van der Waals surface area contributed by atoms with Crippen molar-refractivity contribution in [1.29, 1.82) is 0 Å². The molecule has 142 valence electrons. The van der Waals surface area contributed by atoms with Crippen LogP contribution in [-0.2, 0) is 0 Å². The van der Waals surface area contributed by atoms with E-state index in [-0.39, 0.29) is 5.91 Å². The van der Waals surface area contributed by atoms with Gasteiger partial charge in [-0.25, -0.2) is 4.98 Å². The molecular formula is C21H26N4O2. The molecule has 1 amide bonds. The van der Waals surface area contributed by atoms with E-state index in [9.17, 15) is 4.79 Å². The largest absolute Gasteiger partial charge is 0.492 e. The van der Waals surface area contributed by atoms with Crippen LogP contribution in [-0.4, -0.2) is 54.6 Å². The van der Waals surface area contributed by atoms with E-state index in [1.807, 2.05) is 42.2 Å². The highest BCUT2D eigenvalue weighted by atomic mass is 16.5. The van der Waals surface area contributed by atoms with Crippen LogP contribution in [0.3, 0.4) is 0 Å². The molecule has 2 fully saturated rings. The van der Waals surface area contributed by atoms with Gasteiger partial charge in [0.1, 0.15) is 11.6 Å². The van der Waals surface area contributed by atoms with Crippen molar-refractivity contribution in [2.75, 3.05) is 43.0 Å². The number of nitrogens with zero attached hydrogens (tertiary/aromatic N) is 3. The Bertz CT molecular complexity index is 781. The van der Waals surface area contributed by atoms with Gasteiger partial charge in [-0.3, -0.25) is 4.79 Å². The van der Waals surface area contributed by atoms with Crippen LogP contribution in [0.5, 0.6) is 5.75 Å². The molecule has 0 radical (unpaired) electrons. The van der Waals surface area contributed by atoms with Gasteiger partial charge in [0.05, 0.1) is 17.9 Å². The van der Waals surface area contributed by atoms with Crippen molar-refractivity contribution in [3.63, 3.8) is 0 Å². The van der Waals surface area contributed by atoms with E-state index < -0.39 is 0 Å². The van der Waals surface area contributed by atoms with E-state index in [2.05, 4.69) is 21.3 Å². The average molecular weight is 366 g/mol. The zero-order chi connectivity index (χ0) is 18.6. The van der Waals surface area contributed by atoms with Crippen molar-refractivity contribution < 1.29 is 9.53 Å². The summed E-state index contributed by atoms with van der Waals surface area (Å²) in [5, 5.41) is 3.35. The molecule has 4 rings (SSSR count). The van der Waals surface area contributed by atoms with Gasteiger partial charge in [0.2, 0.25) is 0 Å². The summed E-state index contributed by atoms with van der Waals surface area (Å²) in [5.74, 6) is 1.81. The van der Waals surface area contributed by atoms with Crippen LogP contribution < -0.4 is 15.0 Å². The summed E-state index contributed by atoms with van der Waals surface area (Å²) in [5.41, 5.74) is 1.75. The maximum atomic E-state index is 12.8. The highest BCUT2D eigenvalue weighted by Gasteiger charge is 2.24. The minimum Gasteiger partial charge on any atom is -0.492 e. The summed E-state index contributed by atoms with van der Waals surface area (Å²) in [6, 6.07) is 12.4. The molecule has 1 aliphatic carbocycles. The fourth-order valence-corrected chi connectivity index (χ4v) is 3.37. The summed E-state index contributed by atoms with van der Waals surface area (Å²) in [6.07, 6.45) is 4.10. The Balaban J connectivity index is 1.36. The number of aromatic nitrogens is 1. The van der Waals surface area contributed by atoms with E-state index in [1.54, 1.807) is 6.20 Å². The van der Waals surface area contributed by atoms with Crippen LogP contribution in [0.4, 0.5) is 11.5 Å². The van der Waals surface area contributed by atoms with E-state index >= 15 is 0 Å². The first-order chi connectivity index (χ1) is 13.2. The number of anilines is 2. The first-order valence-electron chi connectivity index (χ1n) is 9.73. The topological polar surface area (TPSA) is 57.7 Å². The Kier molecular flexibility index (Phi) is 5.14. The molecular weight excluding hydrogens is 340 g/mol. The monoisotopic (exact) mass is 366 g/mol. The molecule has 0 atom stereocenters. The van der Waals surface area contributed by atoms with Gasteiger partial charge in [-0.05, 0) is 44.0 Å². The fourth-order valence-electron chi connectivity index (χ4n) is 3.37. The lowest BCUT2D eigenvalue weighted by molar-refractivity contribution is 0.0746. The molecule has 6 nitrogen and oxygen atoms in total. The smallest absolute Gasteiger partial charge is 0.255 e. The summed E-state index contributed by atoms with van der Waals surface area (Å²) < 4.78 is 5.74. The molecule has 1 aromatic heterocycles. The minimum atomic E-state index is 0.0539. The van der Waals surface area contributed by atoms with Crippen LogP contribution in [0.15, 0.2) is 42.6 Å². The third-order valence-electron chi connectivity index (χ3n) is 5.01. The Morgan fingerprint density at radius 3 is 2.59 bits per heavy atom. The van der Waals surface area contributed by atoms with E-state index in [0.717, 1.165) is 30.3 Å². The lowest BCUT2D eigenvalue weighted by Crippen LogP contribution is -2.48. The highest BCUT2D eigenvalue weighted by molar-refractivity contribution is 5.94. The van der Waals surface area contributed by atoms with Gasteiger partial charge >= 0.3 is 0 Å². The van der Waals surface area contributed by atoms with Crippen LogP contribution in [0.2, 0.25) is 0 Å². The van der Waals surface area contributed by atoms with E-state index in [4.69, 9.17) is 4.74 Å². The van der Waals surface area contributed by atoms with Gasteiger partial charge in [0.25, 0.3) is 5.91 Å². The zero-order valence-corrected chi connectivity index (χ0v) is 15.7. The molecule has 6 heteroatoms. The Labute approximate surface area is 160 Å². The first-order valence-corrected chi connectivity index (χ1v) is 9.73. The molecule has 1 N–H and O–H groups in total. The summed E-state index contributed by atoms with van der Waals surface area (Å²) >= 11 is 0. The number of carbonyl (C=O) groups is 1. The molecule has 1 saturated carbocycles. The van der Waals surface area contributed by atoms with E-state index in [1.165, 1.54) is 12.8 Å². The first kappa shape index (κ1) is 17.6. The molecule has 1 aliphatic heterocycles. The molecule has 2 aromatic rings. The summed E-state index contributed by atoms with van der Waals surface area (Å²) in [6.45, 7) is 5.62. The Morgan fingerprint density at radius 2 is 1.93 bits per heavy atom. The van der Waals surface area contributed by atoms with Gasteiger partial charge in [-0.2, -0.15) is 0 Å². The maximum absolute atomic E-state index is 12.8. The fraction of sp³-hybridized carbons (Fsp3) is 0.429. The number of nitrogens with one attached hydrogen (secondary N) is 1. The van der Waals surface area contributed by atoms with Crippen molar-refractivity contribution in [3.05, 3.63) is 48.2 Å². The summed E-state index contributed by atoms with van der Waals surface area (Å²) in [4.78, 5) is 21.4. The Morgan fingerprint density at radius 1 is 1.15 bits per heavy atom. The predicted octanol–water partition coefficient (Wildman–Crippen LogP) is 3.02. The number of para-hydroxylation sites is 2. The van der Waals surface area contributed by atoms with Gasteiger partial charge in [0.15, 0.2) is 0 Å². The second kappa shape index (κ2) is 7.86. The number of hydrogen-bond acceptors (Lipinski definition) is 5. The van der Waals surface area contributed by atoms with Crippen molar-refractivity contribution in [2.24, 2.45) is 0 Å². The second-order valence-corrected chi connectivity index (χ2v) is 7.03. The molecule has 0 unspecified atom stereocenters. The number of piperazine rings is 1. The Hall–Kier alpha value is -2.76. The highest BCUT2D eigenvalue weighted by Crippen LogP contribution is 2.29. The molecule has 2 heterocycles. The van der Waals surface area contributed by atoms with Gasteiger partial charge in [-0.1, -0.05) is 12.1 Å². The van der Waals surface area contributed by atoms with Gasteiger partial charge < -0.3 is 19.9 Å². The minimum absolute atomic E-state index is 0.0539. The van der Waals surface area contributed by atoms with Crippen LogP contribution in [0.25, 0.3) is 0 Å². The molecule has 2 aliphatic rings. The number of benzene rings is 1. The maximum Gasteiger partial charge on any atom is 0.255 e. The number of amides is 1. The molecule has 27 heavy (non-hydrogen) atoms. The standard InChI is InChI=1S/C21H26N4O2/c1-2-27-19-6-4-3-5-18(19)24-11-13-25(14-12-24)21(26)16-7-10-20(22-15-16)23-17-8-9-17/h3-7,10,15,17H,2,8-9,11-14H2,1H3,(H,22,23). The lowest BCUT2D eigenvalue weighted by atomic mass is 10.2. The van der Waals surface area contributed by atoms with Gasteiger partial charge in [-0.15, -0.1) is 0 Å². The molecule has 1 saturated heterocycles. The summed E-state index contributed by atoms with van der Waals surface area (Å²) in [7, 11) is 0. The van der Waals surface area contributed by atoms with Crippen molar-refractivity contribution >= 4 is 17.4 Å². The molecule has 0 bridgehead atoms. The number of pyridine rings is 1. The van der Waals surface area contributed by atoms with Crippen LogP contribution >= 0.6 is 0 Å². The third kappa shape index (κ3) is 4.15. The molecule has 1 aromatic carbocycles. The van der Waals surface area contributed by atoms with Crippen LogP contribution in [0.1, 0.15) is 30.1 Å². The number of rotatable bonds is 6. The molecule has 0 spiro atoms. The second-order valence-electron chi connectivity index (χ2n) is 7.03. The normalized spacial score (nSPS) is 16.9. The third-order valence-corrected chi connectivity index (χ3v) is 5.01. The lowest BCUT2D eigenvalue weighted by Gasteiger charge is -2.36. The number of hydrogen-bond donors (Lipinski definition) is 1.